The van der Waals surface area contributed by atoms with E-state index in [1.54, 1.807) is 25.9 Å². The Labute approximate surface area is 73.4 Å². The lowest BCUT2D eigenvalue weighted by Gasteiger charge is -2.24. The summed E-state index contributed by atoms with van der Waals surface area (Å²) in [5.74, 6) is 1.57. The van der Waals surface area contributed by atoms with Crippen LogP contribution in [0.3, 0.4) is 0 Å². The molecular weight excluding hydrogens is 154 g/mol. The lowest BCUT2D eigenvalue weighted by molar-refractivity contribution is 0.294. The number of nitrogens with zero attached hydrogens (tertiary/aromatic N) is 1. The number of hydrogen-bond donors (Lipinski definition) is 0. The second-order valence-corrected chi connectivity index (χ2v) is 2.29. The lowest BCUT2D eigenvalue weighted by Crippen LogP contribution is -2.46. The molecule has 4 nitrogen and oxygen atoms in total. The molecule has 1 fully saturated rings. The van der Waals surface area contributed by atoms with Crippen LogP contribution in [0.25, 0.3) is 0 Å². The Kier molecular flexibility index (Phi) is 3.59. The zero-order chi connectivity index (χ0) is 8.97. The fourth-order valence-corrected chi connectivity index (χ4v) is 0.867. The molecule has 0 aliphatic carbocycles. The van der Waals surface area contributed by atoms with Gasteiger partial charge in [-0.15, -0.1) is 6.58 Å². The fraction of sp³-hybridized carbons (Fsp3) is 0.400. The predicted octanol–water partition coefficient (Wildman–Crippen LogP) is 0.457. The third-order valence-corrected chi connectivity index (χ3v) is 1.35. The molecule has 0 radical (unpaired) electrons. The molecule has 0 aromatic rings. The van der Waals surface area contributed by atoms with E-state index in [4.69, 9.17) is 13.7 Å². The second kappa shape index (κ2) is 4.50. The molecule has 1 aliphatic heterocycles. The van der Waals surface area contributed by atoms with Crippen LogP contribution < -0.4 is 0 Å². The Hall–Kier alpha value is -0.515. The standard InChI is InChI=1S/C5H10B3NO3/c1-4-7-10-6(3)11-8(12-7)9-5-2/h4-5H,1H2,2-3H3/b9-5-. The SMILES string of the molecule is C=CB1OB(C)OB(/N=C\C)O1. The Bertz CT molecular complexity index is 189. The van der Waals surface area contributed by atoms with Gasteiger partial charge in [-0.3, -0.25) is 4.90 Å². The van der Waals surface area contributed by atoms with E-state index in [0.717, 1.165) is 0 Å². The third-order valence-electron chi connectivity index (χ3n) is 1.35. The van der Waals surface area contributed by atoms with Crippen LogP contribution in [0.1, 0.15) is 6.92 Å². The first-order valence-corrected chi connectivity index (χ1v) is 3.83. The minimum atomic E-state index is -0.568. The zero-order valence-corrected chi connectivity index (χ0v) is 7.27. The molecule has 0 N–H and O–H groups in total. The molecule has 1 saturated heterocycles. The van der Waals surface area contributed by atoms with E-state index in [9.17, 15) is 0 Å². The molecule has 62 valence electrons. The van der Waals surface area contributed by atoms with Crippen molar-refractivity contribution in [3.05, 3.63) is 12.6 Å². The van der Waals surface area contributed by atoms with Crippen LogP contribution in [0.15, 0.2) is 17.5 Å². The van der Waals surface area contributed by atoms with Crippen LogP contribution in [-0.4, -0.2) is 27.7 Å². The molecule has 1 aliphatic rings. The Morgan fingerprint density at radius 1 is 1.33 bits per heavy atom. The molecule has 0 spiro atoms. The zero-order valence-electron chi connectivity index (χ0n) is 7.27. The monoisotopic (exact) mass is 165 g/mol. The quantitative estimate of drug-likeness (QED) is 0.440. The van der Waals surface area contributed by atoms with Gasteiger partial charge < -0.3 is 13.7 Å². The van der Waals surface area contributed by atoms with Gasteiger partial charge in [0.25, 0.3) is 0 Å². The maximum Gasteiger partial charge on any atom is 0.584 e. The summed E-state index contributed by atoms with van der Waals surface area (Å²) in [5.41, 5.74) is 0. The lowest BCUT2D eigenvalue weighted by atomic mass is 9.76. The van der Waals surface area contributed by atoms with E-state index in [1.807, 2.05) is 0 Å². The van der Waals surface area contributed by atoms with Crippen molar-refractivity contribution in [3.63, 3.8) is 0 Å². The first kappa shape index (κ1) is 9.57. The van der Waals surface area contributed by atoms with Crippen molar-refractivity contribution in [2.75, 3.05) is 0 Å². The van der Waals surface area contributed by atoms with Gasteiger partial charge in [0.2, 0.25) is 0 Å². The molecule has 0 atom stereocenters. The van der Waals surface area contributed by atoms with Crippen LogP contribution in [0.4, 0.5) is 0 Å². The molecule has 1 heterocycles. The summed E-state index contributed by atoms with van der Waals surface area (Å²) >= 11 is 0. The number of hydrogen-bond acceptors (Lipinski definition) is 4. The first-order chi connectivity index (χ1) is 5.76. The molecule has 0 unspecified atom stereocenters. The van der Waals surface area contributed by atoms with Crippen molar-refractivity contribution in [1.29, 1.82) is 0 Å². The maximum atomic E-state index is 5.19. The van der Waals surface area contributed by atoms with Crippen molar-refractivity contribution in [2.24, 2.45) is 4.90 Å². The van der Waals surface area contributed by atoms with Crippen molar-refractivity contribution in [3.8, 4) is 0 Å². The largest absolute Gasteiger partial charge is 0.584 e. The predicted molar refractivity (Wildman–Crippen MR) is 50.7 cm³/mol. The van der Waals surface area contributed by atoms with Gasteiger partial charge in [-0.2, -0.15) is 0 Å². The highest BCUT2D eigenvalue weighted by atomic mass is 16.7. The molecule has 0 aromatic carbocycles. The Morgan fingerprint density at radius 3 is 2.67 bits per heavy atom. The van der Waals surface area contributed by atoms with E-state index in [1.165, 1.54) is 0 Å². The summed E-state index contributed by atoms with van der Waals surface area (Å²) in [6, 6.07) is 0. The molecule has 1 rings (SSSR count). The van der Waals surface area contributed by atoms with Gasteiger partial charge in [0.15, 0.2) is 0 Å². The average Bonchev–Trinajstić information content (AvgIpc) is 2.04. The summed E-state index contributed by atoms with van der Waals surface area (Å²) < 4.78 is 15.5. The summed E-state index contributed by atoms with van der Waals surface area (Å²) in [7, 11) is -1.31. The Morgan fingerprint density at radius 2 is 2.08 bits per heavy atom. The van der Waals surface area contributed by atoms with Crippen molar-refractivity contribution in [1.82, 2.24) is 0 Å². The van der Waals surface area contributed by atoms with Crippen LogP contribution in [0, 0.1) is 0 Å². The van der Waals surface area contributed by atoms with Gasteiger partial charge in [0.05, 0.1) is 0 Å². The van der Waals surface area contributed by atoms with Gasteiger partial charge in [-0.1, -0.05) is 5.98 Å². The first-order valence-electron chi connectivity index (χ1n) is 3.83. The minimum Gasteiger partial charge on any atom is -0.449 e. The van der Waals surface area contributed by atoms with Gasteiger partial charge in [-0.25, -0.2) is 0 Å². The molecule has 0 saturated carbocycles. The third kappa shape index (κ3) is 2.51. The highest BCUT2D eigenvalue weighted by Crippen LogP contribution is 2.08. The normalized spacial score (nSPS) is 19.0. The van der Waals surface area contributed by atoms with Gasteiger partial charge in [0, 0.05) is 0 Å². The molecule has 0 amide bonds. The summed E-state index contributed by atoms with van der Waals surface area (Å²) in [6.07, 6.45) is 1.63. The topological polar surface area (TPSA) is 40.0 Å². The van der Waals surface area contributed by atoms with E-state index in [-0.39, 0.29) is 7.12 Å². The fourth-order valence-electron chi connectivity index (χ4n) is 0.867. The van der Waals surface area contributed by atoms with E-state index >= 15 is 0 Å². The van der Waals surface area contributed by atoms with Gasteiger partial charge in [-0.05, 0) is 20.0 Å². The van der Waals surface area contributed by atoms with Crippen molar-refractivity contribution >= 4 is 27.7 Å². The van der Waals surface area contributed by atoms with Crippen LogP contribution in [-0.2, 0) is 13.7 Å². The molecule has 0 aromatic heterocycles. The molecule has 0 bridgehead atoms. The minimum absolute atomic E-state index is 0.310. The van der Waals surface area contributed by atoms with Crippen molar-refractivity contribution < 1.29 is 13.7 Å². The summed E-state index contributed by atoms with van der Waals surface area (Å²) in [6.45, 7) is 7.15. The van der Waals surface area contributed by atoms with Gasteiger partial charge in [0.1, 0.15) is 0 Å². The summed E-state index contributed by atoms with van der Waals surface area (Å²) in [4.78, 5) is 3.94. The number of rotatable bonds is 2. The van der Waals surface area contributed by atoms with Crippen LogP contribution in [0.5, 0.6) is 0 Å². The highest BCUT2D eigenvalue weighted by molar-refractivity contribution is 6.74. The molecular formula is C5H10B3NO3. The molecule has 7 heteroatoms. The van der Waals surface area contributed by atoms with Gasteiger partial charge >= 0.3 is 21.5 Å². The maximum absolute atomic E-state index is 5.19. The smallest absolute Gasteiger partial charge is 0.449 e. The Balaban J connectivity index is 2.50. The van der Waals surface area contributed by atoms with Crippen LogP contribution in [0.2, 0.25) is 6.82 Å². The summed E-state index contributed by atoms with van der Waals surface area (Å²) in [5, 5.41) is 0. The molecule has 12 heavy (non-hydrogen) atoms. The average molecular weight is 165 g/mol. The van der Waals surface area contributed by atoms with Crippen LogP contribution >= 0.6 is 0 Å². The van der Waals surface area contributed by atoms with Crippen molar-refractivity contribution in [2.45, 2.75) is 13.7 Å². The van der Waals surface area contributed by atoms with E-state index in [2.05, 4.69) is 11.5 Å². The highest BCUT2D eigenvalue weighted by Gasteiger charge is 2.36. The van der Waals surface area contributed by atoms with E-state index < -0.39 is 14.4 Å². The van der Waals surface area contributed by atoms with E-state index in [0.29, 0.717) is 0 Å². The second-order valence-electron chi connectivity index (χ2n) is 2.29.